The number of amides is 1. The molecule has 0 bridgehead atoms. The van der Waals surface area contributed by atoms with Crippen molar-refractivity contribution in [3.8, 4) is 0 Å². The summed E-state index contributed by atoms with van der Waals surface area (Å²) in [6.07, 6.45) is 0.0781. The number of nitrogens with one attached hydrogen (secondary N) is 2. The van der Waals surface area contributed by atoms with Crippen LogP contribution in [0.5, 0.6) is 0 Å². The van der Waals surface area contributed by atoms with Crippen LogP contribution in [-0.4, -0.2) is 32.7 Å². The van der Waals surface area contributed by atoms with Crippen molar-refractivity contribution in [3.05, 3.63) is 100 Å². The van der Waals surface area contributed by atoms with E-state index < -0.39 is 37.2 Å². The molecule has 0 radical (unpaired) electrons. The van der Waals surface area contributed by atoms with Crippen LogP contribution in [0.4, 0.5) is 0 Å². The predicted molar refractivity (Wildman–Crippen MR) is 135 cm³/mol. The van der Waals surface area contributed by atoms with E-state index in [9.17, 15) is 21.6 Å². The van der Waals surface area contributed by atoms with Crippen molar-refractivity contribution >= 4 is 37.0 Å². The quantitative estimate of drug-likeness (QED) is 0.329. The molecule has 4 aromatic rings. The van der Waals surface area contributed by atoms with E-state index in [1.807, 2.05) is 24.3 Å². The van der Waals surface area contributed by atoms with Gasteiger partial charge in [-0.15, -0.1) is 0 Å². The normalized spacial score (nSPS) is 17.8. The fraction of sp³-hybridized carbons (Fsp3) is 0.200. The summed E-state index contributed by atoms with van der Waals surface area (Å²) in [6.45, 7) is 1.77. The summed E-state index contributed by atoms with van der Waals surface area (Å²) in [6, 6.07) is 20.0. The Balaban J connectivity index is 0.00000320. The molecular weight excluding hydrogens is 523 g/mol. The number of rotatable bonds is 7. The van der Waals surface area contributed by atoms with E-state index >= 15 is 0 Å². The maximum absolute atomic E-state index is 13.2. The maximum Gasteiger partial charge on any atom is 1.00 e. The second-order valence-electron chi connectivity index (χ2n) is 8.71. The summed E-state index contributed by atoms with van der Waals surface area (Å²) in [5.74, 6) is -0.191. The van der Waals surface area contributed by atoms with E-state index in [1.54, 1.807) is 43.3 Å². The van der Waals surface area contributed by atoms with Gasteiger partial charge < -0.3 is 14.5 Å². The number of carbonyl (C=O) groups excluding carboxylic acids is 1. The van der Waals surface area contributed by atoms with Crippen molar-refractivity contribution in [1.82, 2.24) is 14.7 Å². The van der Waals surface area contributed by atoms with Crippen molar-refractivity contribution in [1.29, 1.82) is 0 Å². The van der Waals surface area contributed by atoms with Crippen LogP contribution in [0.25, 0.3) is 15.8 Å². The predicted octanol–water partition coefficient (Wildman–Crippen LogP) is 0.813. The van der Waals surface area contributed by atoms with Gasteiger partial charge in [0.2, 0.25) is 10.0 Å². The number of nitrogens with zero attached hydrogens (tertiary/aromatic N) is 2. The third-order valence-corrected chi connectivity index (χ3v) is 9.24. The van der Waals surface area contributed by atoms with Crippen LogP contribution < -0.4 is 34.3 Å². The Hall–Kier alpha value is -2.54. The Morgan fingerprint density at radius 3 is 2.43 bits per heavy atom. The summed E-state index contributed by atoms with van der Waals surface area (Å²) in [5.41, 5.74) is 3.46. The summed E-state index contributed by atoms with van der Waals surface area (Å²) < 4.78 is 56.9. The number of aromatic nitrogens is 2. The fourth-order valence-corrected chi connectivity index (χ4v) is 7.07. The molecule has 2 heterocycles. The summed E-state index contributed by atoms with van der Waals surface area (Å²) in [7, 11) is -7.75. The Labute approximate surface area is 237 Å². The molecule has 0 saturated carbocycles. The van der Waals surface area contributed by atoms with Gasteiger partial charge in [-0.05, 0) is 54.3 Å². The second kappa shape index (κ2) is 10.7. The Morgan fingerprint density at radius 1 is 1.08 bits per heavy atom. The molecular formula is C25H23N4NaO5S2. The smallest absolute Gasteiger partial charge is 0.545 e. The molecule has 3 aromatic carbocycles. The summed E-state index contributed by atoms with van der Waals surface area (Å²) in [5, 5.41) is -0.998. The number of H-pyrrole nitrogens is 1. The number of sulfonamides is 2. The van der Waals surface area contributed by atoms with Gasteiger partial charge in [-0.25, -0.2) is 26.5 Å². The van der Waals surface area contributed by atoms with Gasteiger partial charge in [-0.1, -0.05) is 48.5 Å². The largest absolute Gasteiger partial charge is 1.00 e. The maximum atomic E-state index is 13.2. The zero-order chi connectivity index (χ0) is 25.5. The molecule has 12 heteroatoms. The number of hydrogen-bond acceptors (Lipinski definition) is 6. The van der Waals surface area contributed by atoms with Crippen LogP contribution in [0, 0.1) is 6.92 Å². The molecule has 186 valence electrons. The first kappa shape index (κ1) is 27.5. The molecule has 1 saturated heterocycles. The van der Waals surface area contributed by atoms with Gasteiger partial charge in [-0.3, -0.25) is 0 Å². The van der Waals surface area contributed by atoms with Crippen LogP contribution >= 0.6 is 0 Å². The molecule has 5 rings (SSSR count). The van der Waals surface area contributed by atoms with Crippen LogP contribution in [0.2, 0.25) is 0 Å². The molecule has 1 aromatic heterocycles. The summed E-state index contributed by atoms with van der Waals surface area (Å²) >= 11 is 0. The molecule has 0 spiro atoms. The Bertz CT molecular complexity index is 1640. The van der Waals surface area contributed by atoms with E-state index in [1.165, 1.54) is 12.1 Å². The van der Waals surface area contributed by atoms with Gasteiger partial charge in [0.05, 0.1) is 33.1 Å². The van der Waals surface area contributed by atoms with Crippen molar-refractivity contribution in [3.63, 3.8) is 0 Å². The van der Waals surface area contributed by atoms with Crippen LogP contribution in [0.15, 0.2) is 77.7 Å². The number of imidazole rings is 1. The number of para-hydroxylation sites is 2. The number of hydrogen-bond donors (Lipinski definition) is 2. The van der Waals surface area contributed by atoms with Crippen LogP contribution in [0.1, 0.15) is 40.2 Å². The van der Waals surface area contributed by atoms with Gasteiger partial charge in [0.1, 0.15) is 15.8 Å². The van der Waals surface area contributed by atoms with Crippen molar-refractivity contribution < 1.29 is 51.2 Å². The Kier molecular flexibility index (Phi) is 7.93. The molecule has 0 unspecified atom stereocenters. The standard InChI is InChI=1S/C25H24N4O5S2.Na/c1-16-13-17(11-12-19(16)23-15-24(30)29-36(23,33)34)14-22(25-26-20-9-5-6-10-21(20)27-25)28-35(31,32)18-7-3-2-4-8-18;/h2-13,22-23,28H,14-15H2,1H3,(H2,26,27,29,30);/q;+1/p-1/t22-,23+;/m0./s1. The topological polar surface area (TPSA) is 140 Å². The Morgan fingerprint density at radius 2 is 1.78 bits per heavy atom. The number of carbonyl (C=O) groups is 1. The van der Waals surface area contributed by atoms with E-state index in [4.69, 9.17) is 0 Å². The number of aromatic amines is 1. The van der Waals surface area contributed by atoms with Gasteiger partial charge in [0.15, 0.2) is 0 Å². The van der Waals surface area contributed by atoms with Crippen molar-refractivity contribution in [2.45, 2.75) is 36.0 Å². The average molecular weight is 547 g/mol. The molecule has 37 heavy (non-hydrogen) atoms. The molecule has 1 amide bonds. The zero-order valence-corrected chi connectivity index (χ0v) is 23.9. The molecule has 2 atom stereocenters. The number of fused-ring (bicyclic) bond motifs is 1. The third kappa shape index (κ3) is 5.82. The average Bonchev–Trinajstić information content (AvgIpc) is 3.38. The van der Waals surface area contributed by atoms with Gasteiger partial charge >= 0.3 is 29.6 Å². The molecule has 1 aliphatic rings. The first-order chi connectivity index (χ1) is 17.1. The molecule has 9 nitrogen and oxygen atoms in total. The molecule has 2 N–H and O–H groups in total. The first-order valence-electron chi connectivity index (χ1n) is 11.2. The van der Waals surface area contributed by atoms with Gasteiger partial charge in [0, 0.05) is 6.42 Å². The molecule has 0 aliphatic carbocycles. The van der Waals surface area contributed by atoms with Crippen LogP contribution in [0.3, 0.4) is 0 Å². The minimum absolute atomic E-state index is 0. The molecule has 1 aliphatic heterocycles. The molecule has 1 fully saturated rings. The minimum Gasteiger partial charge on any atom is -0.545 e. The van der Waals surface area contributed by atoms with Gasteiger partial charge in [0.25, 0.3) is 0 Å². The SMILES string of the molecule is Cc1cc(C[C@H](NS(=O)(=O)c2ccccc2)c2nc3ccccc3[nH]2)ccc1[C@H]1CC(=O)[N-]S1(=O)=O.[Na+]. The minimum atomic E-state index is -3.89. The van der Waals surface area contributed by atoms with E-state index in [0.717, 1.165) is 11.1 Å². The fourth-order valence-electron chi connectivity index (χ4n) is 4.43. The second-order valence-corrected chi connectivity index (χ2v) is 12.2. The monoisotopic (exact) mass is 546 g/mol. The summed E-state index contributed by atoms with van der Waals surface area (Å²) in [4.78, 5) is 19.6. The number of aryl methyl sites for hydroxylation is 1. The first-order valence-corrected chi connectivity index (χ1v) is 14.2. The van der Waals surface area contributed by atoms with Gasteiger partial charge in [-0.2, -0.15) is 0 Å². The van der Waals surface area contributed by atoms with Crippen molar-refractivity contribution in [2.75, 3.05) is 0 Å². The third-order valence-electron chi connectivity index (χ3n) is 6.16. The van der Waals surface area contributed by atoms with Crippen molar-refractivity contribution in [2.24, 2.45) is 0 Å². The van der Waals surface area contributed by atoms with Crippen LogP contribution in [-0.2, 0) is 31.3 Å². The van der Waals surface area contributed by atoms with E-state index in [-0.39, 0.29) is 47.3 Å². The van der Waals surface area contributed by atoms with E-state index in [2.05, 4.69) is 19.4 Å². The number of benzene rings is 3. The van der Waals surface area contributed by atoms with E-state index in [0.29, 0.717) is 22.5 Å². The zero-order valence-electron chi connectivity index (χ0n) is 20.2.